The smallest absolute Gasteiger partial charge is 0.150 e. The van der Waals surface area contributed by atoms with Gasteiger partial charge in [0.15, 0.2) is 0 Å². The predicted octanol–water partition coefficient (Wildman–Crippen LogP) is 1.97. The molecule has 3 heteroatoms. The molecule has 1 rings (SSSR count). The van der Waals surface area contributed by atoms with Crippen molar-refractivity contribution >= 4 is 9.84 Å². The lowest BCUT2D eigenvalue weighted by molar-refractivity contribution is 0.596. The van der Waals surface area contributed by atoms with E-state index in [-0.39, 0.29) is 11.5 Å². The summed E-state index contributed by atoms with van der Waals surface area (Å²) in [7, 11) is -2.83. The number of sulfone groups is 1. The molecule has 0 saturated heterocycles. The standard InChI is InChI=1S/C11H16O2S/c1-3-14(12,13)8-7-11-6-4-5-10(2)9-11/h4-6,9H,3,7-8H2,1-2H3. The van der Waals surface area contributed by atoms with Crippen LogP contribution in [0.2, 0.25) is 0 Å². The summed E-state index contributed by atoms with van der Waals surface area (Å²) in [4.78, 5) is 0. The van der Waals surface area contributed by atoms with Crippen LogP contribution in [0.5, 0.6) is 0 Å². The molecule has 0 aliphatic heterocycles. The first kappa shape index (κ1) is 11.2. The van der Waals surface area contributed by atoms with Gasteiger partial charge in [-0.05, 0) is 18.9 Å². The highest BCUT2D eigenvalue weighted by Crippen LogP contribution is 2.06. The molecular formula is C11H16O2S. The molecule has 0 aliphatic rings. The molecule has 0 aromatic heterocycles. The third kappa shape index (κ3) is 3.50. The van der Waals surface area contributed by atoms with Crippen molar-refractivity contribution in [3.63, 3.8) is 0 Å². The van der Waals surface area contributed by atoms with Gasteiger partial charge in [0, 0.05) is 5.75 Å². The predicted molar refractivity (Wildman–Crippen MR) is 59.2 cm³/mol. The molecule has 0 radical (unpaired) electrons. The average molecular weight is 212 g/mol. The van der Waals surface area contributed by atoms with Gasteiger partial charge in [-0.2, -0.15) is 0 Å². The normalized spacial score (nSPS) is 11.6. The van der Waals surface area contributed by atoms with Gasteiger partial charge in [-0.1, -0.05) is 36.8 Å². The van der Waals surface area contributed by atoms with Gasteiger partial charge in [-0.3, -0.25) is 0 Å². The van der Waals surface area contributed by atoms with Crippen molar-refractivity contribution < 1.29 is 8.42 Å². The van der Waals surface area contributed by atoms with Crippen molar-refractivity contribution in [2.24, 2.45) is 0 Å². The van der Waals surface area contributed by atoms with Crippen LogP contribution in [-0.4, -0.2) is 19.9 Å². The van der Waals surface area contributed by atoms with Crippen LogP contribution in [0.3, 0.4) is 0 Å². The monoisotopic (exact) mass is 212 g/mol. The van der Waals surface area contributed by atoms with Crippen LogP contribution in [-0.2, 0) is 16.3 Å². The molecule has 0 aliphatic carbocycles. The van der Waals surface area contributed by atoms with Gasteiger partial charge in [-0.25, -0.2) is 8.42 Å². The van der Waals surface area contributed by atoms with Gasteiger partial charge in [0.05, 0.1) is 5.75 Å². The quantitative estimate of drug-likeness (QED) is 0.764. The lowest BCUT2D eigenvalue weighted by atomic mass is 10.1. The number of hydrogen-bond acceptors (Lipinski definition) is 2. The lowest BCUT2D eigenvalue weighted by Gasteiger charge is -2.02. The summed E-state index contributed by atoms with van der Waals surface area (Å²) in [5, 5.41) is 0. The highest BCUT2D eigenvalue weighted by molar-refractivity contribution is 7.91. The molecule has 0 unspecified atom stereocenters. The molecule has 0 bridgehead atoms. The second-order valence-corrected chi connectivity index (χ2v) is 5.95. The Morgan fingerprint density at radius 3 is 2.57 bits per heavy atom. The molecule has 0 amide bonds. The highest BCUT2D eigenvalue weighted by atomic mass is 32.2. The Kier molecular flexibility index (Phi) is 3.69. The molecule has 1 aromatic carbocycles. The molecule has 0 atom stereocenters. The fourth-order valence-electron chi connectivity index (χ4n) is 1.29. The summed E-state index contributed by atoms with van der Waals surface area (Å²) < 4.78 is 22.5. The fourth-order valence-corrected chi connectivity index (χ4v) is 2.12. The van der Waals surface area contributed by atoms with E-state index in [1.54, 1.807) is 6.92 Å². The molecule has 0 N–H and O–H groups in total. The minimum absolute atomic E-state index is 0.235. The molecule has 78 valence electrons. The van der Waals surface area contributed by atoms with E-state index in [9.17, 15) is 8.42 Å². The van der Waals surface area contributed by atoms with E-state index in [1.807, 2.05) is 31.2 Å². The molecule has 0 fully saturated rings. The van der Waals surface area contributed by atoms with Gasteiger partial charge in [0.25, 0.3) is 0 Å². The van der Waals surface area contributed by atoms with Crippen LogP contribution in [0.1, 0.15) is 18.1 Å². The van der Waals surface area contributed by atoms with Crippen LogP contribution in [0, 0.1) is 6.92 Å². The molecule has 0 heterocycles. The Morgan fingerprint density at radius 1 is 1.29 bits per heavy atom. The van der Waals surface area contributed by atoms with Gasteiger partial charge in [0.1, 0.15) is 9.84 Å². The van der Waals surface area contributed by atoms with Crippen molar-refractivity contribution in [3.05, 3.63) is 35.4 Å². The van der Waals surface area contributed by atoms with E-state index in [4.69, 9.17) is 0 Å². The second-order valence-electron chi connectivity index (χ2n) is 3.48. The zero-order chi connectivity index (χ0) is 10.6. The first-order valence-electron chi connectivity index (χ1n) is 4.79. The molecule has 14 heavy (non-hydrogen) atoms. The van der Waals surface area contributed by atoms with Gasteiger partial charge in [0.2, 0.25) is 0 Å². The van der Waals surface area contributed by atoms with Crippen LogP contribution >= 0.6 is 0 Å². The molecule has 1 aromatic rings. The van der Waals surface area contributed by atoms with Crippen molar-refractivity contribution in [1.29, 1.82) is 0 Å². The summed E-state index contributed by atoms with van der Waals surface area (Å²) >= 11 is 0. The Labute approximate surface area is 85.9 Å². The summed E-state index contributed by atoms with van der Waals surface area (Å²) in [5.41, 5.74) is 2.28. The summed E-state index contributed by atoms with van der Waals surface area (Å²) in [6, 6.07) is 7.98. The molecule has 0 spiro atoms. The van der Waals surface area contributed by atoms with E-state index in [0.29, 0.717) is 6.42 Å². The number of hydrogen-bond donors (Lipinski definition) is 0. The van der Waals surface area contributed by atoms with Gasteiger partial charge < -0.3 is 0 Å². The zero-order valence-corrected chi connectivity index (χ0v) is 9.47. The maximum Gasteiger partial charge on any atom is 0.150 e. The van der Waals surface area contributed by atoms with Gasteiger partial charge in [-0.15, -0.1) is 0 Å². The average Bonchev–Trinajstić information content (AvgIpc) is 2.15. The largest absolute Gasteiger partial charge is 0.229 e. The van der Waals surface area contributed by atoms with Crippen molar-refractivity contribution in [2.75, 3.05) is 11.5 Å². The van der Waals surface area contributed by atoms with Crippen molar-refractivity contribution in [2.45, 2.75) is 20.3 Å². The third-order valence-electron chi connectivity index (χ3n) is 2.22. The van der Waals surface area contributed by atoms with E-state index >= 15 is 0 Å². The van der Waals surface area contributed by atoms with Gasteiger partial charge >= 0.3 is 0 Å². The Morgan fingerprint density at radius 2 is 2.00 bits per heavy atom. The first-order valence-corrected chi connectivity index (χ1v) is 6.61. The fraction of sp³-hybridized carbons (Fsp3) is 0.455. The molecule has 0 saturated carbocycles. The minimum Gasteiger partial charge on any atom is -0.229 e. The Bertz CT molecular complexity index is 394. The second kappa shape index (κ2) is 4.60. The van der Waals surface area contributed by atoms with E-state index in [1.165, 1.54) is 5.56 Å². The molecular weight excluding hydrogens is 196 g/mol. The van der Waals surface area contributed by atoms with Crippen molar-refractivity contribution in [3.8, 4) is 0 Å². The van der Waals surface area contributed by atoms with E-state index in [2.05, 4.69) is 0 Å². The Hall–Kier alpha value is -0.830. The topological polar surface area (TPSA) is 34.1 Å². The lowest BCUT2D eigenvalue weighted by Crippen LogP contribution is -2.10. The summed E-state index contributed by atoms with van der Waals surface area (Å²) in [6.45, 7) is 3.70. The summed E-state index contributed by atoms with van der Waals surface area (Å²) in [6.07, 6.45) is 0.623. The first-order chi connectivity index (χ1) is 6.53. The third-order valence-corrected chi connectivity index (χ3v) is 3.93. The number of rotatable bonds is 4. The molecule has 2 nitrogen and oxygen atoms in total. The van der Waals surface area contributed by atoms with Crippen LogP contribution in [0.15, 0.2) is 24.3 Å². The Balaban J connectivity index is 2.63. The minimum atomic E-state index is -2.83. The van der Waals surface area contributed by atoms with Crippen LogP contribution in [0.25, 0.3) is 0 Å². The maximum atomic E-state index is 11.3. The number of aryl methyl sites for hydroxylation is 2. The zero-order valence-electron chi connectivity index (χ0n) is 8.66. The van der Waals surface area contributed by atoms with Crippen LogP contribution in [0.4, 0.5) is 0 Å². The van der Waals surface area contributed by atoms with Crippen LogP contribution < -0.4 is 0 Å². The number of benzene rings is 1. The van der Waals surface area contributed by atoms with E-state index in [0.717, 1.165) is 5.56 Å². The van der Waals surface area contributed by atoms with E-state index < -0.39 is 9.84 Å². The highest BCUT2D eigenvalue weighted by Gasteiger charge is 2.06. The summed E-state index contributed by atoms with van der Waals surface area (Å²) in [5.74, 6) is 0.492. The van der Waals surface area contributed by atoms with Crippen molar-refractivity contribution in [1.82, 2.24) is 0 Å². The maximum absolute atomic E-state index is 11.3. The SMILES string of the molecule is CCS(=O)(=O)CCc1cccc(C)c1.